The number of aromatic nitrogens is 1. The van der Waals surface area contributed by atoms with Crippen LogP contribution in [-0.4, -0.2) is 24.1 Å². The molecular formula is C19H20F2N2O3. The van der Waals surface area contributed by atoms with Crippen molar-refractivity contribution in [3.05, 3.63) is 59.9 Å². The van der Waals surface area contributed by atoms with E-state index in [1.165, 1.54) is 18.2 Å². The van der Waals surface area contributed by atoms with Crippen molar-refractivity contribution in [2.24, 2.45) is 0 Å². The molecule has 1 amide bonds. The quantitative estimate of drug-likeness (QED) is 0.722. The van der Waals surface area contributed by atoms with E-state index in [1.54, 1.807) is 37.5 Å². The molecule has 5 nitrogen and oxygen atoms in total. The van der Waals surface area contributed by atoms with Crippen LogP contribution in [0.4, 0.5) is 8.78 Å². The topological polar surface area (TPSA) is 60.5 Å². The Hall–Kier alpha value is -2.96. The number of pyridine rings is 1. The van der Waals surface area contributed by atoms with E-state index in [0.29, 0.717) is 12.2 Å². The molecule has 1 heterocycles. The van der Waals surface area contributed by atoms with Crippen molar-refractivity contribution in [3.8, 4) is 11.5 Å². The van der Waals surface area contributed by atoms with Gasteiger partial charge in [-0.25, -0.2) is 0 Å². The van der Waals surface area contributed by atoms with Crippen LogP contribution in [0.2, 0.25) is 0 Å². The van der Waals surface area contributed by atoms with Gasteiger partial charge in [0.15, 0.2) is 11.5 Å². The van der Waals surface area contributed by atoms with Gasteiger partial charge in [-0.1, -0.05) is 12.1 Å². The highest BCUT2D eigenvalue weighted by atomic mass is 19.3. The lowest BCUT2D eigenvalue weighted by Gasteiger charge is -2.12. The molecule has 138 valence electrons. The number of hydrogen-bond acceptors (Lipinski definition) is 4. The monoisotopic (exact) mass is 362 g/mol. The Morgan fingerprint density at radius 1 is 1.31 bits per heavy atom. The molecule has 0 saturated carbocycles. The summed E-state index contributed by atoms with van der Waals surface area (Å²) in [6.07, 6.45) is 6.28. The molecule has 0 fully saturated rings. The van der Waals surface area contributed by atoms with Crippen LogP contribution in [-0.2, 0) is 4.79 Å². The molecular weight excluding hydrogens is 342 g/mol. The van der Waals surface area contributed by atoms with Crippen LogP contribution in [0.25, 0.3) is 6.08 Å². The second-order valence-electron chi connectivity index (χ2n) is 5.37. The second-order valence-corrected chi connectivity index (χ2v) is 5.37. The Balaban J connectivity index is 2.04. The van der Waals surface area contributed by atoms with Crippen molar-refractivity contribution >= 4 is 12.0 Å². The number of halogens is 2. The van der Waals surface area contributed by atoms with Crippen LogP contribution < -0.4 is 14.8 Å². The molecule has 0 spiro atoms. The molecule has 26 heavy (non-hydrogen) atoms. The minimum atomic E-state index is -2.93. The van der Waals surface area contributed by atoms with Crippen LogP contribution in [0, 0.1) is 0 Å². The molecule has 0 saturated heterocycles. The third-order valence-electron chi connectivity index (χ3n) is 3.45. The number of rotatable bonds is 8. The smallest absolute Gasteiger partial charge is 0.387 e. The van der Waals surface area contributed by atoms with E-state index in [-0.39, 0.29) is 23.4 Å². The van der Waals surface area contributed by atoms with Crippen LogP contribution in [0.1, 0.15) is 31.0 Å². The van der Waals surface area contributed by atoms with Gasteiger partial charge in [0.05, 0.1) is 12.6 Å². The Labute approximate surface area is 150 Å². The summed E-state index contributed by atoms with van der Waals surface area (Å²) in [5, 5.41) is 2.82. The van der Waals surface area contributed by atoms with E-state index >= 15 is 0 Å². The SMILES string of the molecule is CCOc1cc(/C=C/C(=O)NC(C)c2cccnc2)ccc1OC(F)F. The summed E-state index contributed by atoms with van der Waals surface area (Å²) in [5.41, 5.74) is 1.51. The van der Waals surface area contributed by atoms with Crippen LogP contribution in [0.15, 0.2) is 48.8 Å². The standard InChI is InChI=1S/C19H20F2N2O3/c1-3-25-17-11-14(6-8-16(17)26-19(20)21)7-9-18(24)23-13(2)15-5-4-10-22-12-15/h4-13,19H,3H2,1-2H3,(H,23,24)/b9-7+. The maximum absolute atomic E-state index is 12.4. The average molecular weight is 362 g/mol. The van der Waals surface area contributed by atoms with Gasteiger partial charge in [0.25, 0.3) is 0 Å². The molecule has 1 aromatic carbocycles. The first-order chi connectivity index (χ1) is 12.5. The van der Waals surface area contributed by atoms with E-state index in [4.69, 9.17) is 4.74 Å². The number of nitrogens with one attached hydrogen (secondary N) is 1. The summed E-state index contributed by atoms with van der Waals surface area (Å²) in [5.74, 6) is -0.139. The number of carbonyl (C=O) groups is 1. The van der Waals surface area contributed by atoms with Crippen LogP contribution >= 0.6 is 0 Å². The van der Waals surface area contributed by atoms with Crippen molar-refractivity contribution in [1.82, 2.24) is 10.3 Å². The van der Waals surface area contributed by atoms with Crippen molar-refractivity contribution in [2.45, 2.75) is 26.5 Å². The first-order valence-electron chi connectivity index (χ1n) is 8.09. The van der Waals surface area contributed by atoms with Gasteiger partial charge in [-0.3, -0.25) is 9.78 Å². The van der Waals surface area contributed by atoms with Gasteiger partial charge < -0.3 is 14.8 Å². The highest BCUT2D eigenvalue weighted by Crippen LogP contribution is 2.30. The molecule has 2 rings (SSSR count). The maximum Gasteiger partial charge on any atom is 0.387 e. The largest absolute Gasteiger partial charge is 0.490 e. The van der Waals surface area contributed by atoms with Gasteiger partial charge in [0.1, 0.15) is 0 Å². The molecule has 0 aliphatic carbocycles. The van der Waals surface area contributed by atoms with Gasteiger partial charge in [-0.15, -0.1) is 0 Å². The molecule has 0 aliphatic rings. The number of ether oxygens (including phenoxy) is 2. The zero-order valence-electron chi connectivity index (χ0n) is 14.5. The van der Waals surface area contributed by atoms with Crippen molar-refractivity contribution in [1.29, 1.82) is 0 Å². The molecule has 2 aromatic rings. The Bertz CT molecular complexity index is 752. The molecule has 1 unspecified atom stereocenters. The maximum atomic E-state index is 12.4. The number of amides is 1. The zero-order chi connectivity index (χ0) is 18.9. The number of hydrogen-bond donors (Lipinski definition) is 1. The van der Waals surface area contributed by atoms with Crippen molar-refractivity contribution in [3.63, 3.8) is 0 Å². The lowest BCUT2D eigenvalue weighted by Crippen LogP contribution is -2.24. The van der Waals surface area contributed by atoms with E-state index in [2.05, 4.69) is 15.0 Å². The zero-order valence-corrected chi connectivity index (χ0v) is 14.5. The number of alkyl halides is 2. The van der Waals surface area contributed by atoms with E-state index < -0.39 is 6.61 Å². The fourth-order valence-electron chi connectivity index (χ4n) is 2.24. The fourth-order valence-corrected chi connectivity index (χ4v) is 2.24. The lowest BCUT2D eigenvalue weighted by atomic mass is 10.1. The summed E-state index contributed by atoms with van der Waals surface area (Å²) >= 11 is 0. The molecule has 1 N–H and O–H groups in total. The van der Waals surface area contributed by atoms with Crippen LogP contribution in [0.3, 0.4) is 0 Å². The summed E-state index contributed by atoms with van der Waals surface area (Å²) in [4.78, 5) is 16.1. The first kappa shape index (κ1) is 19.4. The third kappa shape index (κ3) is 5.84. The van der Waals surface area contributed by atoms with Gasteiger partial charge in [-0.2, -0.15) is 8.78 Å². The Morgan fingerprint density at radius 2 is 2.12 bits per heavy atom. The minimum absolute atomic E-state index is 0.0475. The van der Waals surface area contributed by atoms with E-state index in [1.807, 2.05) is 13.0 Å². The summed E-state index contributed by atoms with van der Waals surface area (Å²) in [6.45, 7) is 0.958. The molecule has 1 atom stereocenters. The van der Waals surface area contributed by atoms with Crippen molar-refractivity contribution in [2.75, 3.05) is 6.61 Å². The third-order valence-corrected chi connectivity index (χ3v) is 3.45. The first-order valence-corrected chi connectivity index (χ1v) is 8.09. The van der Waals surface area contributed by atoms with Gasteiger partial charge in [0.2, 0.25) is 5.91 Å². The molecule has 0 radical (unpaired) electrons. The molecule has 0 aliphatic heterocycles. The fraction of sp³-hybridized carbons (Fsp3) is 0.263. The number of carbonyl (C=O) groups excluding carboxylic acids is 1. The van der Waals surface area contributed by atoms with Gasteiger partial charge >= 0.3 is 6.61 Å². The molecule has 1 aromatic heterocycles. The Morgan fingerprint density at radius 3 is 2.77 bits per heavy atom. The predicted molar refractivity (Wildman–Crippen MR) is 94.1 cm³/mol. The molecule has 7 heteroatoms. The summed E-state index contributed by atoms with van der Waals surface area (Å²) < 4.78 is 34.5. The average Bonchev–Trinajstić information content (AvgIpc) is 2.62. The van der Waals surface area contributed by atoms with E-state index in [9.17, 15) is 13.6 Å². The van der Waals surface area contributed by atoms with Gasteiger partial charge in [-0.05, 0) is 49.2 Å². The van der Waals surface area contributed by atoms with Gasteiger partial charge in [0, 0.05) is 18.5 Å². The number of benzene rings is 1. The highest BCUT2D eigenvalue weighted by molar-refractivity contribution is 5.92. The van der Waals surface area contributed by atoms with Crippen LogP contribution in [0.5, 0.6) is 11.5 Å². The predicted octanol–water partition coefficient (Wildman–Crippen LogP) is 3.97. The number of nitrogens with zero attached hydrogens (tertiary/aromatic N) is 1. The highest BCUT2D eigenvalue weighted by Gasteiger charge is 2.11. The second kappa shape index (κ2) is 9.50. The van der Waals surface area contributed by atoms with Crippen molar-refractivity contribution < 1.29 is 23.0 Å². The summed E-state index contributed by atoms with van der Waals surface area (Å²) in [7, 11) is 0. The summed E-state index contributed by atoms with van der Waals surface area (Å²) in [6, 6.07) is 7.96. The lowest BCUT2D eigenvalue weighted by molar-refractivity contribution is -0.117. The minimum Gasteiger partial charge on any atom is -0.490 e. The Kier molecular flexibility index (Phi) is 7.08. The molecule has 0 bridgehead atoms. The normalized spacial score (nSPS) is 12.2. The van der Waals surface area contributed by atoms with E-state index in [0.717, 1.165) is 5.56 Å².